The number of thiophene rings is 1. The van der Waals surface area contributed by atoms with Gasteiger partial charge in [0.15, 0.2) is 0 Å². The average Bonchev–Trinajstić information content (AvgIpc) is 3.00. The molecular weight excluding hydrogens is 282 g/mol. The topological polar surface area (TPSA) is 82.4 Å². The van der Waals surface area contributed by atoms with Crippen LogP contribution in [0.3, 0.4) is 0 Å². The number of hydrogen-bond acceptors (Lipinski definition) is 6. The van der Waals surface area contributed by atoms with Gasteiger partial charge in [-0.25, -0.2) is 9.78 Å². The van der Waals surface area contributed by atoms with E-state index in [4.69, 9.17) is 9.47 Å². The lowest BCUT2D eigenvalue weighted by Crippen LogP contribution is -2.21. The molecule has 0 unspecified atom stereocenters. The van der Waals surface area contributed by atoms with Crippen LogP contribution in [0.5, 0.6) is 5.88 Å². The van der Waals surface area contributed by atoms with Gasteiger partial charge in [0, 0.05) is 0 Å². The number of amides is 1. The summed E-state index contributed by atoms with van der Waals surface area (Å²) >= 11 is 1.35. The van der Waals surface area contributed by atoms with Crippen molar-refractivity contribution in [3.63, 3.8) is 0 Å². The smallest absolute Gasteiger partial charge is 0.434 e. The van der Waals surface area contributed by atoms with Crippen LogP contribution in [0.2, 0.25) is 0 Å². The SMILES string of the molecule is CCOC(=O)Oc1ncn2c1CNC(=O)c1sccc1-2. The normalized spacial score (nSPS) is 12.9. The summed E-state index contributed by atoms with van der Waals surface area (Å²) in [4.78, 5) is 27.9. The summed E-state index contributed by atoms with van der Waals surface area (Å²) in [5.74, 6) is -0.0106. The summed E-state index contributed by atoms with van der Waals surface area (Å²) in [7, 11) is 0. The maximum absolute atomic E-state index is 11.9. The molecule has 0 saturated carbocycles. The number of fused-ring (bicyclic) bond motifs is 3. The van der Waals surface area contributed by atoms with Gasteiger partial charge in [-0.15, -0.1) is 11.3 Å². The molecule has 0 atom stereocenters. The number of nitrogens with zero attached hydrogens (tertiary/aromatic N) is 2. The first-order valence-corrected chi connectivity index (χ1v) is 6.85. The van der Waals surface area contributed by atoms with E-state index in [9.17, 15) is 9.59 Å². The molecule has 2 aromatic heterocycles. The van der Waals surface area contributed by atoms with Gasteiger partial charge in [-0.05, 0) is 18.4 Å². The number of carbonyl (C=O) groups excluding carboxylic acids is 2. The van der Waals surface area contributed by atoms with Crippen molar-refractivity contribution in [1.82, 2.24) is 14.9 Å². The van der Waals surface area contributed by atoms with Crippen LogP contribution < -0.4 is 10.1 Å². The molecule has 2 aromatic rings. The largest absolute Gasteiger partial charge is 0.515 e. The van der Waals surface area contributed by atoms with Gasteiger partial charge in [-0.2, -0.15) is 0 Å². The molecule has 0 fully saturated rings. The van der Waals surface area contributed by atoms with Crippen LogP contribution in [0.15, 0.2) is 17.8 Å². The summed E-state index contributed by atoms with van der Waals surface area (Å²) in [6, 6.07) is 1.82. The first-order chi connectivity index (χ1) is 9.70. The van der Waals surface area contributed by atoms with Crippen molar-refractivity contribution in [2.75, 3.05) is 6.61 Å². The van der Waals surface area contributed by atoms with E-state index in [0.29, 0.717) is 10.6 Å². The minimum absolute atomic E-state index is 0.141. The number of aromatic nitrogens is 2. The fraction of sp³-hybridized carbons (Fsp3) is 0.250. The second-order valence-electron chi connectivity index (χ2n) is 3.97. The third kappa shape index (κ3) is 2.03. The van der Waals surface area contributed by atoms with Crippen molar-refractivity contribution >= 4 is 23.4 Å². The lowest BCUT2D eigenvalue weighted by Gasteiger charge is -2.05. The highest BCUT2D eigenvalue weighted by Gasteiger charge is 2.25. The van der Waals surface area contributed by atoms with Gasteiger partial charge in [-0.3, -0.25) is 9.36 Å². The van der Waals surface area contributed by atoms with E-state index < -0.39 is 6.16 Å². The van der Waals surface area contributed by atoms with Gasteiger partial charge >= 0.3 is 6.16 Å². The molecule has 0 aliphatic carbocycles. The highest BCUT2D eigenvalue weighted by atomic mass is 32.1. The van der Waals surface area contributed by atoms with Crippen molar-refractivity contribution in [2.24, 2.45) is 0 Å². The molecule has 3 rings (SSSR count). The Bertz CT molecular complexity index is 676. The first-order valence-electron chi connectivity index (χ1n) is 5.97. The summed E-state index contributed by atoms with van der Waals surface area (Å²) in [5.41, 5.74) is 1.33. The Morgan fingerprint density at radius 3 is 3.25 bits per heavy atom. The van der Waals surface area contributed by atoms with Crippen LogP contribution in [-0.4, -0.2) is 28.2 Å². The van der Waals surface area contributed by atoms with Gasteiger partial charge in [-0.1, -0.05) is 0 Å². The Hall–Kier alpha value is -2.35. The zero-order chi connectivity index (χ0) is 14.1. The number of nitrogens with one attached hydrogen (secondary N) is 1. The summed E-state index contributed by atoms with van der Waals surface area (Å²) < 4.78 is 11.5. The van der Waals surface area contributed by atoms with E-state index in [1.54, 1.807) is 11.5 Å². The monoisotopic (exact) mass is 293 g/mol. The van der Waals surface area contributed by atoms with E-state index in [-0.39, 0.29) is 24.9 Å². The molecule has 1 N–H and O–H groups in total. The quantitative estimate of drug-likeness (QED) is 0.852. The van der Waals surface area contributed by atoms with Gasteiger partial charge < -0.3 is 14.8 Å². The maximum Gasteiger partial charge on any atom is 0.515 e. The van der Waals surface area contributed by atoms with Crippen molar-refractivity contribution in [1.29, 1.82) is 0 Å². The van der Waals surface area contributed by atoms with Crippen molar-refractivity contribution in [3.8, 4) is 11.6 Å². The maximum atomic E-state index is 11.9. The van der Waals surface area contributed by atoms with Crippen LogP contribution in [-0.2, 0) is 11.3 Å². The van der Waals surface area contributed by atoms with E-state index in [1.807, 2.05) is 11.4 Å². The number of hydrogen-bond donors (Lipinski definition) is 1. The first kappa shape index (κ1) is 12.7. The Kier molecular flexibility index (Phi) is 3.15. The fourth-order valence-electron chi connectivity index (χ4n) is 1.94. The van der Waals surface area contributed by atoms with Crippen LogP contribution in [0, 0.1) is 0 Å². The molecule has 0 radical (unpaired) electrons. The lowest BCUT2D eigenvalue weighted by atomic mass is 10.3. The van der Waals surface area contributed by atoms with Crippen LogP contribution in [0.25, 0.3) is 5.69 Å². The molecule has 0 aromatic carbocycles. The van der Waals surface area contributed by atoms with Crippen LogP contribution >= 0.6 is 11.3 Å². The minimum Gasteiger partial charge on any atom is -0.434 e. The zero-order valence-corrected chi connectivity index (χ0v) is 11.4. The summed E-state index contributed by atoms with van der Waals surface area (Å²) in [5, 5.41) is 4.58. The molecule has 3 heterocycles. The van der Waals surface area contributed by atoms with Gasteiger partial charge in [0.25, 0.3) is 5.91 Å². The Balaban J connectivity index is 1.98. The second kappa shape index (κ2) is 4.97. The Labute approximate surface area is 118 Å². The predicted octanol–water partition coefficient (Wildman–Crippen LogP) is 1.71. The standard InChI is InChI=1S/C12H11N3O4S/c1-2-18-12(17)19-11-8-5-13-10(16)9-7(3-4-20-9)15(8)6-14-11/h3-4,6H,2,5H2,1H3,(H,13,16). The molecule has 7 nitrogen and oxygen atoms in total. The van der Waals surface area contributed by atoms with Crippen molar-refractivity contribution < 1.29 is 19.1 Å². The summed E-state index contributed by atoms with van der Waals surface area (Å²) in [6.07, 6.45) is 0.713. The number of carbonyl (C=O) groups is 2. The fourth-order valence-corrected chi connectivity index (χ4v) is 2.74. The van der Waals surface area contributed by atoms with Crippen LogP contribution in [0.1, 0.15) is 22.3 Å². The third-order valence-electron chi connectivity index (χ3n) is 2.80. The lowest BCUT2D eigenvalue weighted by molar-refractivity contribution is 0.0956. The van der Waals surface area contributed by atoms with Crippen molar-refractivity contribution in [2.45, 2.75) is 13.5 Å². The highest BCUT2D eigenvalue weighted by Crippen LogP contribution is 2.29. The summed E-state index contributed by atoms with van der Waals surface area (Å²) in [6.45, 7) is 2.14. The average molecular weight is 293 g/mol. The molecule has 8 heteroatoms. The van der Waals surface area contributed by atoms with E-state index >= 15 is 0 Å². The van der Waals surface area contributed by atoms with E-state index in [1.165, 1.54) is 17.7 Å². The highest BCUT2D eigenvalue weighted by molar-refractivity contribution is 7.12. The number of rotatable bonds is 2. The molecule has 1 amide bonds. The molecule has 0 bridgehead atoms. The molecular formula is C12H11N3O4S. The zero-order valence-electron chi connectivity index (χ0n) is 10.6. The Morgan fingerprint density at radius 2 is 2.45 bits per heavy atom. The Morgan fingerprint density at radius 1 is 1.60 bits per heavy atom. The minimum atomic E-state index is -0.810. The number of ether oxygens (including phenoxy) is 2. The van der Waals surface area contributed by atoms with Crippen molar-refractivity contribution in [3.05, 3.63) is 28.3 Å². The van der Waals surface area contributed by atoms with Crippen LogP contribution in [0.4, 0.5) is 4.79 Å². The second-order valence-corrected chi connectivity index (χ2v) is 4.89. The van der Waals surface area contributed by atoms with E-state index in [2.05, 4.69) is 10.3 Å². The third-order valence-corrected chi connectivity index (χ3v) is 3.70. The molecule has 0 spiro atoms. The molecule has 1 aliphatic rings. The molecule has 104 valence electrons. The van der Waals surface area contributed by atoms with E-state index in [0.717, 1.165) is 5.69 Å². The van der Waals surface area contributed by atoms with Gasteiger partial charge in [0.1, 0.15) is 16.9 Å². The number of imidazole rings is 1. The molecule has 0 saturated heterocycles. The molecule has 1 aliphatic heterocycles. The predicted molar refractivity (Wildman–Crippen MR) is 70.3 cm³/mol. The molecule has 20 heavy (non-hydrogen) atoms. The van der Waals surface area contributed by atoms with Gasteiger partial charge in [0.2, 0.25) is 5.88 Å². The van der Waals surface area contributed by atoms with Gasteiger partial charge in [0.05, 0.1) is 18.8 Å².